The standard InChI is InChI=1S/C26H40N4O2/c1-21(30-24-11-4-3-9-22(24)10-7-12-25(30)31)26(32)27-15-8-16-28-19-13-23(14-20-28)29-17-5-2-6-18-29/h3-4,9,11,21,23H,2,5-8,10,12-20H2,1H3,(H,27,32)/t21-/m0/s1. The molecule has 176 valence electrons. The third-order valence-electron chi connectivity index (χ3n) is 7.54. The van der Waals surface area contributed by atoms with Crippen LogP contribution < -0.4 is 10.2 Å². The third-order valence-corrected chi connectivity index (χ3v) is 7.54. The molecule has 0 spiro atoms. The minimum Gasteiger partial charge on any atom is -0.354 e. The van der Waals surface area contributed by atoms with Crippen molar-refractivity contribution in [1.29, 1.82) is 0 Å². The van der Waals surface area contributed by atoms with Gasteiger partial charge in [0, 0.05) is 24.7 Å². The molecule has 3 heterocycles. The molecule has 0 bridgehead atoms. The summed E-state index contributed by atoms with van der Waals surface area (Å²) in [6.45, 7) is 8.47. The Bertz CT molecular complexity index is 769. The number of nitrogens with one attached hydrogen (secondary N) is 1. The van der Waals surface area contributed by atoms with E-state index in [1.54, 1.807) is 4.90 Å². The number of benzene rings is 1. The van der Waals surface area contributed by atoms with Gasteiger partial charge in [-0.05, 0) is 96.2 Å². The van der Waals surface area contributed by atoms with Gasteiger partial charge in [-0.15, -0.1) is 0 Å². The van der Waals surface area contributed by atoms with E-state index in [4.69, 9.17) is 0 Å². The van der Waals surface area contributed by atoms with Crippen LogP contribution in [0.15, 0.2) is 24.3 Å². The number of hydrogen-bond donors (Lipinski definition) is 1. The Morgan fingerprint density at radius 3 is 2.56 bits per heavy atom. The van der Waals surface area contributed by atoms with Crippen LogP contribution >= 0.6 is 0 Å². The number of nitrogens with zero attached hydrogens (tertiary/aromatic N) is 3. The molecule has 3 aliphatic heterocycles. The molecule has 32 heavy (non-hydrogen) atoms. The number of aryl methyl sites for hydroxylation is 1. The van der Waals surface area contributed by atoms with Crippen molar-refractivity contribution in [3.8, 4) is 0 Å². The zero-order chi connectivity index (χ0) is 22.3. The van der Waals surface area contributed by atoms with Gasteiger partial charge in [0.2, 0.25) is 11.8 Å². The molecule has 0 aliphatic carbocycles. The molecule has 0 saturated carbocycles. The van der Waals surface area contributed by atoms with Gasteiger partial charge in [-0.1, -0.05) is 24.6 Å². The molecule has 0 aromatic heterocycles. The first kappa shape index (κ1) is 23.2. The highest BCUT2D eigenvalue weighted by atomic mass is 16.2. The lowest BCUT2D eigenvalue weighted by molar-refractivity contribution is -0.126. The van der Waals surface area contributed by atoms with Crippen LogP contribution in [0.1, 0.15) is 63.9 Å². The summed E-state index contributed by atoms with van der Waals surface area (Å²) in [6, 6.07) is 8.29. The number of piperidine rings is 2. The molecule has 1 N–H and O–H groups in total. The van der Waals surface area contributed by atoms with Crippen LogP contribution in [0.3, 0.4) is 0 Å². The van der Waals surface area contributed by atoms with Gasteiger partial charge in [0.25, 0.3) is 0 Å². The van der Waals surface area contributed by atoms with Crippen molar-refractivity contribution in [2.24, 2.45) is 0 Å². The molecule has 2 amide bonds. The molecule has 1 aromatic carbocycles. The predicted octanol–water partition coefficient (Wildman–Crippen LogP) is 3.20. The highest BCUT2D eigenvalue weighted by Crippen LogP contribution is 2.28. The summed E-state index contributed by atoms with van der Waals surface area (Å²) in [5.74, 6) is -0.00645. The molecule has 4 rings (SSSR count). The SMILES string of the molecule is C[C@@H](C(=O)NCCCN1CCC(N2CCCCC2)CC1)N1C(=O)CCCc2ccccc21. The van der Waals surface area contributed by atoms with E-state index in [0.29, 0.717) is 13.0 Å². The number of fused-ring (bicyclic) bond motifs is 1. The van der Waals surface area contributed by atoms with Crippen molar-refractivity contribution in [2.45, 2.75) is 76.8 Å². The number of amides is 2. The Hall–Kier alpha value is -1.92. The summed E-state index contributed by atoms with van der Waals surface area (Å²) in [7, 11) is 0. The maximum absolute atomic E-state index is 12.9. The highest BCUT2D eigenvalue weighted by molar-refractivity contribution is 6.01. The fourth-order valence-electron chi connectivity index (χ4n) is 5.64. The summed E-state index contributed by atoms with van der Waals surface area (Å²) in [4.78, 5) is 32.6. The minimum atomic E-state index is -0.484. The first-order valence-electron chi connectivity index (χ1n) is 12.8. The maximum Gasteiger partial charge on any atom is 0.242 e. The average molecular weight is 441 g/mol. The molecule has 0 radical (unpaired) electrons. The van der Waals surface area contributed by atoms with E-state index >= 15 is 0 Å². The van der Waals surface area contributed by atoms with Crippen molar-refractivity contribution < 1.29 is 9.59 Å². The van der Waals surface area contributed by atoms with Crippen LogP contribution in [0.25, 0.3) is 0 Å². The number of carbonyl (C=O) groups is 2. The lowest BCUT2D eigenvalue weighted by Crippen LogP contribution is -2.49. The van der Waals surface area contributed by atoms with Crippen molar-refractivity contribution >= 4 is 17.5 Å². The monoisotopic (exact) mass is 440 g/mol. The molecule has 0 unspecified atom stereocenters. The first-order chi connectivity index (χ1) is 15.6. The Morgan fingerprint density at radius 1 is 1.03 bits per heavy atom. The second-order valence-electron chi connectivity index (χ2n) is 9.74. The summed E-state index contributed by atoms with van der Waals surface area (Å²) in [6.07, 6.45) is 9.88. The molecule has 2 saturated heterocycles. The van der Waals surface area contributed by atoms with Crippen LogP contribution in [0.2, 0.25) is 0 Å². The minimum absolute atomic E-state index is 0.0502. The molecule has 1 aromatic rings. The van der Waals surface area contributed by atoms with Crippen LogP contribution in [0.5, 0.6) is 0 Å². The molecule has 1 atom stereocenters. The number of anilines is 1. The van der Waals surface area contributed by atoms with E-state index in [-0.39, 0.29) is 11.8 Å². The normalized spacial score (nSPS) is 22.3. The average Bonchev–Trinajstić information content (AvgIpc) is 3.00. The lowest BCUT2D eigenvalue weighted by atomic mass is 10.00. The zero-order valence-electron chi connectivity index (χ0n) is 19.7. The third kappa shape index (κ3) is 5.70. The van der Waals surface area contributed by atoms with Gasteiger partial charge in [0.15, 0.2) is 0 Å². The topological polar surface area (TPSA) is 55.9 Å². The Morgan fingerprint density at radius 2 is 1.78 bits per heavy atom. The van der Waals surface area contributed by atoms with Crippen molar-refractivity contribution in [3.63, 3.8) is 0 Å². The number of rotatable bonds is 7. The summed E-state index contributed by atoms with van der Waals surface area (Å²) < 4.78 is 0. The Labute approximate surface area is 193 Å². The summed E-state index contributed by atoms with van der Waals surface area (Å²) in [5, 5.41) is 3.08. The van der Waals surface area contributed by atoms with E-state index in [2.05, 4.69) is 21.2 Å². The van der Waals surface area contributed by atoms with Crippen molar-refractivity contribution in [3.05, 3.63) is 29.8 Å². The van der Waals surface area contributed by atoms with Gasteiger partial charge in [0.05, 0.1) is 0 Å². The van der Waals surface area contributed by atoms with E-state index in [0.717, 1.165) is 43.1 Å². The van der Waals surface area contributed by atoms with Gasteiger partial charge in [0.1, 0.15) is 6.04 Å². The molecule has 2 fully saturated rings. The van der Waals surface area contributed by atoms with Gasteiger partial charge in [-0.2, -0.15) is 0 Å². The quantitative estimate of drug-likeness (QED) is 0.662. The number of likely N-dealkylation sites (tertiary alicyclic amines) is 2. The van der Waals surface area contributed by atoms with Crippen LogP contribution in [0.4, 0.5) is 5.69 Å². The van der Waals surface area contributed by atoms with Crippen molar-refractivity contribution in [2.75, 3.05) is 44.2 Å². The fourth-order valence-corrected chi connectivity index (χ4v) is 5.64. The van der Waals surface area contributed by atoms with E-state index < -0.39 is 6.04 Å². The highest BCUT2D eigenvalue weighted by Gasteiger charge is 2.30. The second kappa shape index (κ2) is 11.3. The summed E-state index contributed by atoms with van der Waals surface area (Å²) in [5.41, 5.74) is 2.06. The van der Waals surface area contributed by atoms with Gasteiger partial charge in [-0.3, -0.25) is 14.5 Å². The van der Waals surface area contributed by atoms with Crippen LogP contribution in [0, 0.1) is 0 Å². The fraction of sp³-hybridized carbons (Fsp3) is 0.692. The molecule has 6 nitrogen and oxygen atoms in total. The molecular weight excluding hydrogens is 400 g/mol. The number of para-hydroxylation sites is 1. The van der Waals surface area contributed by atoms with Gasteiger partial charge >= 0.3 is 0 Å². The maximum atomic E-state index is 12.9. The largest absolute Gasteiger partial charge is 0.354 e. The lowest BCUT2D eigenvalue weighted by Gasteiger charge is -2.40. The first-order valence-corrected chi connectivity index (χ1v) is 12.8. The summed E-state index contributed by atoms with van der Waals surface area (Å²) >= 11 is 0. The van der Waals surface area contributed by atoms with E-state index in [1.165, 1.54) is 58.3 Å². The van der Waals surface area contributed by atoms with Crippen LogP contribution in [-0.4, -0.2) is 73.0 Å². The predicted molar refractivity (Wildman–Crippen MR) is 129 cm³/mol. The van der Waals surface area contributed by atoms with Gasteiger partial charge in [-0.25, -0.2) is 0 Å². The molecular formula is C26H40N4O2. The number of hydrogen-bond acceptors (Lipinski definition) is 4. The zero-order valence-corrected chi connectivity index (χ0v) is 19.7. The smallest absolute Gasteiger partial charge is 0.242 e. The Kier molecular flexibility index (Phi) is 8.20. The Balaban J connectivity index is 1.19. The van der Waals surface area contributed by atoms with Gasteiger partial charge < -0.3 is 15.1 Å². The second-order valence-corrected chi connectivity index (χ2v) is 9.74. The molecule has 6 heteroatoms. The van der Waals surface area contributed by atoms with E-state index in [1.807, 2.05) is 25.1 Å². The number of carbonyl (C=O) groups excluding carboxylic acids is 2. The van der Waals surface area contributed by atoms with Crippen LogP contribution in [-0.2, 0) is 16.0 Å². The van der Waals surface area contributed by atoms with Crippen molar-refractivity contribution in [1.82, 2.24) is 15.1 Å². The molecule has 3 aliphatic rings. The van der Waals surface area contributed by atoms with E-state index in [9.17, 15) is 9.59 Å².